The number of benzene rings is 2. The topological polar surface area (TPSA) is 88.9 Å². The first-order valence-corrected chi connectivity index (χ1v) is 11.9. The van der Waals surface area contributed by atoms with Crippen LogP contribution in [-0.4, -0.2) is 32.3 Å². The van der Waals surface area contributed by atoms with E-state index in [4.69, 9.17) is 46.4 Å². The lowest BCUT2D eigenvalue weighted by molar-refractivity contribution is -0.113. The number of hydrogen-bond acceptors (Lipinski definition) is 5. The molecule has 0 spiro atoms. The van der Waals surface area contributed by atoms with Crippen molar-refractivity contribution in [3.05, 3.63) is 80.5 Å². The SMILES string of the molecule is C=CCn1c(CNC(=O)c2cccc(Cl)c2)nnc1SCC(=O)Nc1cc(Cl)c(Cl)cc1Cl. The third kappa shape index (κ3) is 6.88. The first kappa shape index (κ1) is 25.4. The Morgan fingerprint density at radius 1 is 1.06 bits per heavy atom. The highest BCUT2D eigenvalue weighted by molar-refractivity contribution is 7.99. The minimum absolute atomic E-state index is 0.0424. The number of thioether (sulfide) groups is 1. The Morgan fingerprint density at radius 2 is 1.82 bits per heavy atom. The van der Waals surface area contributed by atoms with Gasteiger partial charge in [0.25, 0.3) is 5.91 Å². The molecular formula is C21H17Cl4N5O2S. The van der Waals surface area contributed by atoms with Gasteiger partial charge in [-0.1, -0.05) is 70.3 Å². The number of aromatic nitrogens is 3. The third-order valence-electron chi connectivity index (χ3n) is 4.22. The fourth-order valence-corrected chi connectivity index (χ4v) is 4.25. The molecule has 0 fully saturated rings. The smallest absolute Gasteiger partial charge is 0.251 e. The highest BCUT2D eigenvalue weighted by Gasteiger charge is 2.16. The molecule has 2 aromatic carbocycles. The van der Waals surface area contributed by atoms with Gasteiger partial charge in [-0.3, -0.25) is 9.59 Å². The molecule has 1 aromatic heterocycles. The summed E-state index contributed by atoms with van der Waals surface area (Å²) in [4.78, 5) is 24.8. The summed E-state index contributed by atoms with van der Waals surface area (Å²) in [5, 5.41) is 15.6. The zero-order valence-corrected chi connectivity index (χ0v) is 20.8. The van der Waals surface area contributed by atoms with Gasteiger partial charge in [-0.05, 0) is 30.3 Å². The zero-order chi connectivity index (χ0) is 24.0. The molecule has 0 aliphatic carbocycles. The van der Waals surface area contributed by atoms with Gasteiger partial charge in [-0.2, -0.15) is 0 Å². The molecular weight excluding hydrogens is 528 g/mol. The highest BCUT2D eigenvalue weighted by Crippen LogP contribution is 2.32. The molecule has 172 valence electrons. The van der Waals surface area contributed by atoms with E-state index in [0.29, 0.717) is 38.8 Å². The quantitative estimate of drug-likeness (QED) is 0.204. The summed E-state index contributed by atoms with van der Waals surface area (Å²) < 4.78 is 1.76. The van der Waals surface area contributed by atoms with Crippen LogP contribution >= 0.6 is 58.2 Å². The van der Waals surface area contributed by atoms with Crippen molar-refractivity contribution in [3.63, 3.8) is 0 Å². The normalized spacial score (nSPS) is 10.7. The lowest BCUT2D eigenvalue weighted by atomic mass is 10.2. The van der Waals surface area contributed by atoms with Gasteiger partial charge in [0.05, 0.1) is 33.1 Å². The van der Waals surface area contributed by atoms with Crippen LogP contribution in [0.5, 0.6) is 0 Å². The van der Waals surface area contributed by atoms with Crippen LogP contribution in [0.4, 0.5) is 5.69 Å². The van der Waals surface area contributed by atoms with Crippen LogP contribution in [0.25, 0.3) is 0 Å². The first-order valence-electron chi connectivity index (χ1n) is 9.42. The predicted octanol–water partition coefficient (Wildman–Crippen LogP) is 5.74. The minimum Gasteiger partial charge on any atom is -0.345 e. The number of carbonyl (C=O) groups excluding carboxylic acids is 2. The van der Waals surface area contributed by atoms with Crippen molar-refractivity contribution < 1.29 is 9.59 Å². The van der Waals surface area contributed by atoms with Gasteiger partial charge in [0.1, 0.15) is 0 Å². The average Bonchev–Trinajstić information content (AvgIpc) is 3.16. The maximum atomic E-state index is 12.4. The molecule has 12 heteroatoms. The highest BCUT2D eigenvalue weighted by atomic mass is 35.5. The molecule has 2 amide bonds. The van der Waals surface area contributed by atoms with Gasteiger partial charge in [0.2, 0.25) is 5.91 Å². The lowest BCUT2D eigenvalue weighted by Gasteiger charge is -2.10. The van der Waals surface area contributed by atoms with Crippen LogP contribution < -0.4 is 10.6 Å². The third-order valence-corrected chi connectivity index (χ3v) is 6.45. The van der Waals surface area contributed by atoms with E-state index in [1.807, 2.05) is 0 Å². The van der Waals surface area contributed by atoms with E-state index >= 15 is 0 Å². The fraction of sp³-hybridized carbons (Fsp3) is 0.143. The van der Waals surface area contributed by atoms with Crippen LogP contribution in [0.3, 0.4) is 0 Å². The Bertz CT molecular complexity index is 1200. The van der Waals surface area contributed by atoms with E-state index < -0.39 is 0 Å². The maximum Gasteiger partial charge on any atom is 0.251 e. The van der Waals surface area contributed by atoms with E-state index in [0.717, 1.165) is 0 Å². The van der Waals surface area contributed by atoms with Gasteiger partial charge in [-0.25, -0.2) is 0 Å². The minimum atomic E-state index is -0.316. The van der Waals surface area contributed by atoms with E-state index in [2.05, 4.69) is 27.4 Å². The van der Waals surface area contributed by atoms with Gasteiger partial charge < -0.3 is 15.2 Å². The van der Waals surface area contributed by atoms with Crippen molar-refractivity contribution in [1.82, 2.24) is 20.1 Å². The summed E-state index contributed by atoms with van der Waals surface area (Å²) in [7, 11) is 0. The number of rotatable bonds is 9. The average molecular weight is 545 g/mol. The number of allylic oxidation sites excluding steroid dienone is 1. The Hall–Kier alpha value is -2.23. The first-order chi connectivity index (χ1) is 15.8. The molecule has 7 nitrogen and oxygen atoms in total. The van der Waals surface area contributed by atoms with Crippen LogP contribution in [0, 0.1) is 0 Å². The number of anilines is 1. The number of nitrogens with zero attached hydrogens (tertiary/aromatic N) is 3. The molecule has 3 rings (SSSR count). The van der Waals surface area contributed by atoms with Crippen molar-refractivity contribution in [2.24, 2.45) is 0 Å². The van der Waals surface area contributed by atoms with Crippen molar-refractivity contribution in [2.75, 3.05) is 11.1 Å². The van der Waals surface area contributed by atoms with Crippen molar-refractivity contribution in [1.29, 1.82) is 0 Å². The number of hydrogen-bond donors (Lipinski definition) is 2. The molecule has 0 saturated carbocycles. The van der Waals surface area contributed by atoms with Crippen LogP contribution in [-0.2, 0) is 17.9 Å². The number of amides is 2. The summed E-state index contributed by atoms with van der Waals surface area (Å²) in [6.45, 7) is 4.28. The summed E-state index contributed by atoms with van der Waals surface area (Å²) >= 11 is 25.1. The van der Waals surface area contributed by atoms with Crippen molar-refractivity contribution in [2.45, 2.75) is 18.2 Å². The summed E-state index contributed by atoms with van der Waals surface area (Å²) in [6, 6.07) is 9.56. The summed E-state index contributed by atoms with van der Waals surface area (Å²) in [5.41, 5.74) is 0.790. The number of halogens is 4. The number of carbonyl (C=O) groups is 2. The Kier molecular flexibility index (Phi) is 9.05. The molecule has 33 heavy (non-hydrogen) atoms. The molecule has 0 radical (unpaired) electrons. The molecule has 0 atom stereocenters. The largest absolute Gasteiger partial charge is 0.345 e. The summed E-state index contributed by atoms with van der Waals surface area (Å²) in [5.74, 6) is -0.0523. The fourth-order valence-electron chi connectivity index (χ4n) is 2.69. The second-order valence-corrected chi connectivity index (χ2v) is 9.17. The zero-order valence-electron chi connectivity index (χ0n) is 16.9. The van der Waals surface area contributed by atoms with Gasteiger partial charge in [-0.15, -0.1) is 16.8 Å². The molecule has 2 N–H and O–H groups in total. The Balaban J connectivity index is 1.63. The standard InChI is InChI=1S/C21H17Cl4N5O2S/c1-2-6-30-18(10-26-20(32)12-4-3-5-13(22)7-12)28-29-21(30)33-11-19(31)27-17-9-15(24)14(23)8-16(17)25/h2-5,7-9H,1,6,10-11H2,(H,26,32)(H,27,31). The molecule has 0 bridgehead atoms. The molecule has 0 unspecified atom stereocenters. The molecule has 3 aromatic rings. The van der Waals surface area contributed by atoms with Crippen LogP contribution in [0.2, 0.25) is 20.1 Å². The van der Waals surface area contributed by atoms with E-state index in [9.17, 15) is 9.59 Å². The van der Waals surface area contributed by atoms with Crippen LogP contribution in [0.15, 0.2) is 54.2 Å². The monoisotopic (exact) mass is 543 g/mol. The Labute approximate surface area is 214 Å². The van der Waals surface area contributed by atoms with E-state index in [1.54, 1.807) is 34.9 Å². The van der Waals surface area contributed by atoms with Crippen LogP contribution in [0.1, 0.15) is 16.2 Å². The second-order valence-electron chi connectivity index (χ2n) is 6.57. The van der Waals surface area contributed by atoms with E-state index in [-0.39, 0.29) is 34.2 Å². The van der Waals surface area contributed by atoms with Gasteiger partial charge in [0, 0.05) is 17.1 Å². The number of nitrogens with one attached hydrogen (secondary N) is 2. The van der Waals surface area contributed by atoms with Crippen molar-refractivity contribution in [3.8, 4) is 0 Å². The van der Waals surface area contributed by atoms with Crippen molar-refractivity contribution >= 4 is 75.7 Å². The van der Waals surface area contributed by atoms with Gasteiger partial charge >= 0.3 is 0 Å². The molecule has 0 aliphatic rings. The Morgan fingerprint density at radius 3 is 2.55 bits per heavy atom. The lowest BCUT2D eigenvalue weighted by Crippen LogP contribution is -2.24. The second kappa shape index (κ2) is 11.8. The molecule has 1 heterocycles. The molecule has 0 saturated heterocycles. The predicted molar refractivity (Wildman–Crippen MR) is 134 cm³/mol. The molecule has 0 aliphatic heterocycles. The summed E-state index contributed by atoms with van der Waals surface area (Å²) in [6.07, 6.45) is 1.67. The van der Waals surface area contributed by atoms with E-state index in [1.165, 1.54) is 23.9 Å². The van der Waals surface area contributed by atoms with Gasteiger partial charge in [0.15, 0.2) is 11.0 Å². The maximum absolute atomic E-state index is 12.4.